The predicted octanol–water partition coefficient (Wildman–Crippen LogP) is 1.27. The third-order valence-corrected chi connectivity index (χ3v) is 3.27. The van der Waals surface area contributed by atoms with Gasteiger partial charge in [-0.15, -0.1) is 0 Å². The molecule has 1 aromatic rings. The Labute approximate surface area is 97.7 Å². The van der Waals surface area contributed by atoms with E-state index in [1.54, 1.807) is 0 Å². The Hall–Kier alpha value is -0.780. The highest BCUT2D eigenvalue weighted by atomic mass is 79.9. The summed E-state index contributed by atoms with van der Waals surface area (Å²) in [7, 11) is 1.95. The molecule has 1 heterocycles. The zero-order chi connectivity index (χ0) is 11.2. The van der Waals surface area contributed by atoms with Crippen molar-refractivity contribution in [1.29, 1.82) is 0 Å². The van der Waals surface area contributed by atoms with Crippen molar-refractivity contribution < 1.29 is 0 Å². The fourth-order valence-corrected chi connectivity index (χ4v) is 2.17. The highest BCUT2D eigenvalue weighted by Crippen LogP contribution is 2.35. The van der Waals surface area contributed by atoms with E-state index in [1.807, 2.05) is 37.1 Å². The van der Waals surface area contributed by atoms with E-state index in [1.165, 1.54) is 0 Å². The summed E-state index contributed by atoms with van der Waals surface area (Å²) in [5.74, 6) is 0. The Morgan fingerprint density at radius 3 is 2.87 bits per heavy atom. The minimum atomic E-state index is -0.615. The number of likely N-dealkylation sites (N-methyl/N-ethyl adjacent to an activating group) is 1. The minimum Gasteiger partial charge on any atom is -0.363 e. The van der Waals surface area contributed by atoms with E-state index in [9.17, 15) is 0 Å². The van der Waals surface area contributed by atoms with E-state index in [4.69, 9.17) is 11.5 Å². The number of rotatable bonds is 0. The molecular formula is C10H15BrN4. The van der Waals surface area contributed by atoms with Gasteiger partial charge < -0.3 is 21.7 Å². The van der Waals surface area contributed by atoms with Crippen molar-refractivity contribution in [1.82, 2.24) is 0 Å². The Kier molecular flexibility index (Phi) is 2.41. The molecule has 0 bridgehead atoms. The quantitative estimate of drug-likeness (QED) is 0.664. The number of hydrogen-bond donors (Lipinski definition) is 3. The van der Waals surface area contributed by atoms with Gasteiger partial charge in [-0.25, -0.2) is 0 Å². The topological polar surface area (TPSA) is 67.3 Å². The van der Waals surface area contributed by atoms with Gasteiger partial charge in [-0.05, 0) is 25.1 Å². The Morgan fingerprint density at radius 1 is 1.53 bits per heavy atom. The molecule has 0 aliphatic carbocycles. The molecule has 1 aromatic carbocycles. The largest absolute Gasteiger partial charge is 0.363 e. The predicted molar refractivity (Wildman–Crippen MR) is 66.7 cm³/mol. The van der Waals surface area contributed by atoms with Gasteiger partial charge in [0.15, 0.2) is 0 Å². The van der Waals surface area contributed by atoms with Crippen LogP contribution in [0.1, 0.15) is 6.92 Å². The van der Waals surface area contributed by atoms with Gasteiger partial charge in [0.2, 0.25) is 0 Å². The van der Waals surface area contributed by atoms with Crippen molar-refractivity contribution in [2.45, 2.75) is 18.8 Å². The number of nitrogens with two attached hydrogens (primary N) is 2. The third kappa shape index (κ3) is 1.71. The van der Waals surface area contributed by atoms with Crippen molar-refractivity contribution in [3.8, 4) is 0 Å². The number of nitrogens with one attached hydrogen (secondary N) is 1. The lowest BCUT2D eigenvalue weighted by Crippen LogP contribution is -2.67. The Balaban J connectivity index is 2.50. The standard InChI is InChI=1S/C10H15BrN4/c1-10(13)9(12)15(2)8-5-6(11)3-4-7(8)14-10/h3-5,9,14H,12-13H2,1-2H3. The zero-order valence-electron chi connectivity index (χ0n) is 8.79. The van der Waals surface area contributed by atoms with Crippen LogP contribution >= 0.6 is 15.9 Å². The molecule has 1 aliphatic heterocycles. The van der Waals surface area contributed by atoms with Crippen molar-refractivity contribution in [2.24, 2.45) is 11.5 Å². The van der Waals surface area contributed by atoms with Crippen molar-refractivity contribution >= 4 is 27.3 Å². The van der Waals surface area contributed by atoms with Crippen LogP contribution in [0, 0.1) is 0 Å². The average Bonchev–Trinajstić information content (AvgIpc) is 2.16. The second-order valence-electron chi connectivity index (χ2n) is 4.12. The van der Waals surface area contributed by atoms with Crippen LogP contribution in [0.5, 0.6) is 0 Å². The molecule has 15 heavy (non-hydrogen) atoms. The molecule has 82 valence electrons. The number of nitrogens with zero attached hydrogens (tertiary/aromatic N) is 1. The maximum Gasteiger partial charge on any atom is 0.117 e. The number of benzene rings is 1. The summed E-state index contributed by atoms with van der Waals surface area (Å²) in [5, 5.41) is 3.23. The van der Waals surface area contributed by atoms with Crippen LogP contribution in [0.4, 0.5) is 11.4 Å². The van der Waals surface area contributed by atoms with Crippen molar-refractivity contribution in [3.05, 3.63) is 22.7 Å². The summed E-state index contributed by atoms with van der Waals surface area (Å²) in [6.45, 7) is 1.89. The van der Waals surface area contributed by atoms with Crippen LogP contribution < -0.4 is 21.7 Å². The molecule has 0 radical (unpaired) electrons. The van der Waals surface area contributed by atoms with Gasteiger partial charge in [0, 0.05) is 11.5 Å². The van der Waals surface area contributed by atoms with Gasteiger partial charge in [-0.2, -0.15) is 0 Å². The first-order valence-electron chi connectivity index (χ1n) is 4.77. The molecule has 5 heteroatoms. The average molecular weight is 271 g/mol. The first-order chi connectivity index (χ1) is 6.92. The normalized spacial score (nSPS) is 29.7. The van der Waals surface area contributed by atoms with Gasteiger partial charge in [0.1, 0.15) is 11.8 Å². The van der Waals surface area contributed by atoms with Crippen molar-refractivity contribution in [3.63, 3.8) is 0 Å². The van der Waals surface area contributed by atoms with Crippen LogP contribution in [-0.2, 0) is 0 Å². The lowest BCUT2D eigenvalue weighted by molar-refractivity contribution is 0.406. The number of anilines is 2. The zero-order valence-corrected chi connectivity index (χ0v) is 10.4. The molecule has 1 aliphatic rings. The van der Waals surface area contributed by atoms with E-state index in [0.717, 1.165) is 15.8 Å². The van der Waals surface area contributed by atoms with E-state index >= 15 is 0 Å². The molecule has 2 atom stereocenters. The van der Waals surface area contributed by atoms with Crippen LogP contribution in [0.25, 0.3) is 0 Å². The Morgan fingerprint density at radius 2 is 2.20 bits per heavy atom. The second-order valence-corrected chi connectivity index (χ2v) is 5.04. The minimum absolute atomic E-state index is 0.251. The lowest BCUT2D eigenvalue weighted by atomic mass is 10.0. The van der Waals surface area contributed by atoms with Gasteiger partial charge in [0.25, 0.3) is 0 Å². The molecule has 0 saturated carbocycles. The van der Waals surface area contributed by atoms with Gasteiger partial charge in [-0.3, -0.25) is 0 Å². The smallest absolute Gasteiger partial charge is 0.117 e. The maximum absolute atomic E-state index is 6.08. The SMILES string of the molecule is CN1c2cc(Br)ccc2NC(C)(N)C1N. The molecule has 0 fully saturated rings. The first kappa shape index (κ1) is 10.7. The summed E-state index contributed by atoms with van der Waals surface area (Å²) in [4.78, 5) is 1.98. The molecule has 2 rings (SSSR count). The summed E-state index contributed by atoms with van der Waals surface area (Å²) in [5.41, 5.74) is 13.6. The molecule has 0 saturated heterocycles. The van der Waals surface area contributed by atoms with Crippen molar-refractivity contribution in [2.75, 3.05) is 17.3 Å². The van der Waals surface area contributed by atoms with E-state index in [-0.39, 0.29) is 6.17 Å². The summed E-state index contributed by atoms with van der Waals surface area (Å²) in [6, 6.07) is 6.00. The van der Waals surface area contributed by atoms with Crippen LogP contribution in [0.2, 0.25) is 0 Å². The molecule has 0 aromatic heterocycles. The van der Waals surface area contributed by atoms with Crippen LogP contribution in [0.3, 0.4) is 0 Å². The van der Waals surface area contributed by atoms with E-state index in [2.05, 4.69) is 21.2 Å². The third-order valence-electron chi connectivity index (χ3n) is 2.78. The molecule has 0 amide bonds. The molecular weight excluding hydrogens is 256 g/mol. The van der Waals surface area contributed by atoms with Crippen LogP contribution in [0.15, 0.2) is 22.7 Å². The van der Waals surface area contributed by atoms with Gasteiger partial charge in [0.05, 0.1) is 11.4 Å². The number of halogens is 1. The van der Waals surface area contributed by atoms with Gasteiger partial charge >= 0.3 is 0 Å². The van der Waals surface area contributed by atoms with Crippen LogP contribution in [-0.4, -0.2) is 18.9 Å². The summed E-state index contributed by atoms with van der Waals surface area (Å²) < 4.78 is 1.03. The fourth-order valence-electron chi connectivity index (χ4n) is 1.82. The first-order valence-corrected chi connectivity index (χ1v) is 5.56. The lowest BCUT2D eigenvalue weighted by Gasteiger charge is -2.45. The second kappa shape index (κ2) is 3.37. The van der Waals surface area contributed by atoms with Gasteiger partial charge in [-0.1, -0.05) is 15.9 Å². The number of fused-ring (bicyclic) bond motifs is 1. The van der Waals surface area contributed by atoms with E-state index in [0.29, 0.717) is 0 Å². The molecule has 0 spiro atoms. The molecule has 5 N–H and O–H groups in total. The summed E-state index contributed by atoms with van der Waals surface area (Å²) in [6.07, 6.45) is -0.251. The number of hydrogen-bond acceptors (Lipinski definition) is 4. The molecule has 2 unspecified atom stereocenters. The highest BCUT2D eigenvalue weighted by Gasteiger charge is 2.36. The summed E-state index contributed by atoms with van der Waals surface area (Å²) >= 11 is 3.44. The monoisotopic (exact) mass is 270 g/mol. The highest BCUT2D eigenvalue weighted by molar-refractivity contribution is 9.10. The molecule has 4 nitrogen and oxygen atoms in total. The Bertz CT molecular complexity index is 391. The van der Waals surface area contributed by atoms with E-state index < -0.39 is 5.66 Å². The maximum atomic E-state index is 6.08. The fraction of sp³-hybridized carbons (Fsp3) is 0.400.